The molecule has 122 valence electrons. The van der Waals surface area contributed by atoms with Gasteiger partial charge in [-0.25, -0.2) is 9.97 Å². The molecule has 7 heteroatoms. The largest absolute Gasteiger partial charge is 0.473 e. The number of hydrogen-bond donors (Lipinski definition) is 0. The Balaban J connectivity index is 1.39. The van der Waals surface area contributed by atoms with Crippen LogP contribution in [-0.2, 0) is 0 Å². The second-order valence-corrected chi connectivity index (χ2v) is 6.57. The second kappa shape index (κ2) is 6.52. The van der Waals surface area contributed by atoms with Crippen LogP contribution >= 0.6 is 11.3 Å². The van der Waals surface area contributed by atoms with Crippen LogP contribution in [0.4, 0.5) is 0 Å². The molecule has 1 saturated heterocycles. The molecule has 1 aliphatic heterocycles. The van der Waals surface area contributed by atoms with Crippen LogP contribution in [0.5, 0.6) is 5.88 Å². The van der Waals surface area contributed by atoms with Crippen LogP contribution in [0, 0.1) is 0 Å². The molecule has 24 heavy (non-hydrogen) atoms. The van der Waals surface area contributed by atoms with Gasteiger partial charge in [0.15, 0.2) is 0 Å². The van der Waals surface area contributed by atoms with Crippen LogP contribution in [-0.4, -0.2) is 45.0 Å². The molecule has 0 N–H and O–H groups in total. The van der Waals surface area contributed by atoms with E-state index in [-0.39, 0.29) is 12.0 Å². The minimum atomic E-state index is 0.0725. The van der Waals surface area contributed by atoms with Gasteiger partial charge in [0, 0.05) is 43.9 Å². The SMILES string of the molecule is O=C(c1ccc2ncsc2c1)N1CCC(Oc2cnccn2)CC1. The molecule has 0 spiro atoms. The fourth-order valence-electron chi connectivity index (χ4n) is 2.86. The molecule has 0 aliphatic carbocycles. The van der Waals surface area contributed by atoms with Gasteiger partial charge in [0.2, 0.25) is 5.88 Å². The van der Waals surface area contributed by atoms with E-state index in [9.17, 15) is 4.79 Å². The van der Waals surface area contributed by atoms with Crippen LogP contribution < -0.4 is 4.74 Å². The highest BCUT2D eigenvalue weighted by molar-refractivity contribution is 7.16. The number of fused-ring (bicyclic) bond motifs is 1. The fraction of sp³-hybridized carbons (Fsp3) is 0.294. The lowest BCUT2D eigenvalue weighted by atomic mass is 10.1. The number of carbonyl (C=O) groups is 1. The van der Waals surface area contributed by atoms with Crippen LogP contribution in [0.2, 0.25) is 0 Å². The van der Waals surface area contributed by atoms with Gasteiger partial charge in [0.05, 0.1) is 21.9 Å². The van der Waals surface area contributed by atoms with Gasteiger partial charge < -0.3 is 9.64 Å². The first-order chi connectivity index (χ1) is 11.8. The summed E-state index contributed by atoms with van der Waals surface area (Å²) in [6.07, 6.45) is 6.52. The van der Waals surface area contributed by atoms with Gasteiger partial charge in [-0.2, -0.15) is 0 Å². The molecule has 1 aromatic carbocycles. The van der Waals surface area contributed by atoms with Crippen molar-refractivity contribution < 1.29 is 9.53 Å². The zero-order valence-electron chi connectivity index (χ0n) is 13.0. The Labute approximate surface area is 143 Å². The summed E-state index contributed by atoms with van der Waals surface area (Å²) in [7, 11) is 0. The number of carbonyl (C=O) groups excluding carboxylic acids is 1. The van der Waals surface area contributed by atoms with Crippen molar-refractivity contribution in [2.45, 2.75) is 18.9 Å². The molecule has 3 aromatic rings. The molecule has 1 fully saturated rings. The van der Waals surface area contributed by atoms with Crippen molar-refractivity contribution in [1.82, 2.24) is 19.9 Å². The Morgan fingerprint density at radius 1 is 1.21 bits per heavy atom. The Morgan fingerprint density at radius 2 is 2.08 bits per heavy atom. The van der Waals surface area contributed by atoms with E-state index in [1.807, 2.05) is 23.1 Å². The smallest absolute Gasteiger partial charge is 0.253 e. The Morgan fingerprint density at radius 3 is 2.88 bits per heavy atom. The van der Waals surface area contributed by atoms with Crippen molar-refractivity contribution >= 4 is 27.5 Å². The molecular formula is C17H16N4O2S. The number of hydrogen-bond acceptors (Lipinski definition) is 6. The van der Waals surface area contributed by atoms with E-state index in [0.717, 1.165) is 28.6 Å². The topological polar surface area (TPSA) is 68.2 Å². The summed E-state index contributed by atoms with van der Waals surface area (Å²) in [4.78, 5) is 26.9. The molecule has 6 nitrogen and oxygen atoms in total. The predicted octanol–water partition coefficient (Wildman–Crippen LogP) is 2.77. The zero-order chi connectivity index (χ0) is 16.4. The molecule has 0 atom stereocenters. The van der Waals surface area contributed by atoms with E-state index in [1.165, 1.54) is 0 Å². The summed E-state index contributed by atoms with van der Waals surface area (Å²) in [6.45, 7) is 1.37. The third-order valence-corrected chi connectivity index (χ3v) is 4.93. The van der Waals surface area contributed by atoms with Crippen molar-refractivity contribution in [1.29, 1.82) is 0 Å². The Kier molecular flexibility index (Phi) is 4.08. The third kappa shape index (κ3) is 3.07. The van der Waals surface area contributed by atoms with E-state index in [2.05, 4.69) is 15.0 Å². The van der Waals surface area contributed by atoms with Crippen LogP contribution in [0.25, 0.3) is 10.2 Å². The van der Waals surface area contributed by atoms with Crippen LogP contribution in [0.3, 0.4) is 0 Å². The number of rotatable bonds is 3. The lowest BCUT2D eigenvalue weighted by Gasteiger charge is -2.31. The minimum absolute atomic E-state index is 0.0725. The summed E-state index contributed by atoms with van der Waals surface area (Å²) in [5.41, 5.74) is 3.46. The highest BCUT2D eigenvalue weighted by atomic mass is 32.1. The van der Waals surface area contributed by atoms with Gasteiger partial charge in [-0.3, -0.25) is 9.78 Å². The van der Waals surface area contributed by atoms with Crippen molar-refractivity contribution in [3.8, 4) is 5.88 Å². The summed E-state index contributed by atoms with van der Waals surface area (Å²) in [5, 5.41) is 0. The third-order valence-electron chi connectivity index (χ3n) is 4.13. The van der Waals surface area contributed by atoms with Crippen molar-refractivity contribution in [2.24, 2.45) is 0 Å². The average Bonchev–Trinajstić information content (AvgIpc) is 3.10. The lowest BCUT2D eigenvalue weighted by molar-refractivity contribution is 0.0587. The second-order valence-electron chi connectivity index (χ2n) is 5.69. The fourth-order valence-corrected chi connectivity index (χ4v) is 3.58. The number of nitrogens with zero attached hydrogens (tertiary/aromatic N) is 4. The number of ether oxygens (including phenoxy) is 1. The number of benzene rings is 1. The van der Waals surface area contributed by atoms with E-state index < -0.39 is 0 Å². The number of likely N-dealkylation sites (tertiary alicyclic amines) is 1. The first-order valence-electron chi connectivity index (χ1n) is 7.85. The molecule has 0 saturated carbocycles. The zero-order valence-corrected chi connectivity index (χ0v) is 13.8. The van der Waals surface area contributed by atoms with E-state index in [1.54, 1.807) is 35.4 Å². The van der Waals surface area contributed by atoms with Crippen molar-refractivity contribution in [3.63, 3.8) is 0 Å². The normalized spacial score (nSPS) is 15.6. The standard InChI is InChI=1S/C17H16N4O2S/c22-17(12-1-2-14-15(9-12)24-11-20-14)21-7-3-13(4-8-21)23-16-10-18-5-6-19-16/h1-2,5-6,9-11,13H,3-4,7-8H2. The van der Waals surface area contributed by atoms with Crippen molar-refractivity contribution in [2.75, 3.05) is 13.1 Å². The maximum Gasteiger partial charge on any atom is 0.253 e. The quantitative estimate of drug-likeness (QED) is 0.733. The van der Waals surface area contributed by atoms with Crippen LogP contribution in [0.15, 0.2) is 42.3 Å². The Hall–Kier alpha value is -2.54. The predicted molar refractivity (Wildman–Crippen MR) is 91.2 cm³/mol. The van der Waals surface area contributed by atoms with Gasteiger partial charge in [-0.15, -0.1) is 11.3 Å². The van der Waals surface area contributed by atoms with Crippen LogP contribution in [0.1, 0.15) is 23.2 Å². The molecule has 2 aromatic heterocycles. The molecule has 3 heterocycles. The maximum absolute atomic E-state index is 12.7. The molecule has 0 bridgehead atoms. The molecule has 4 rings (SSSR count). The molecule has 0 radical (unpaired) electrons. The number of piperidine rings is 1. The van der Waals surface area contributed by atoms with Gasteiger partial charge in [0.25, 0.3) is 5.91 Å². The average molecular weight is 340 g/mol. The van der Waals surface area contributed by atoms with Gasteiger partial charge in [-0.05, 0) is 18.2 Å². The van der Waals surface area contributed by atoms with E-state index in [0.29, 0.717) is 19.0 Å². The molecule has 0 unspecified atom stereocenters. The van der Waals surface area contributed by atoms with E-state index in [4.69, 9.17) is 4.74 Å². The molecular weight excluding hydrogens is 324 g/mol. The molecule has 1 aliphatic rings. The number of thiazole rings is 1. The highest BCUT2D eigenvalue weighted by Crippen LogP contribution is 2.22. The summed E-state index contributed by atoms with van der Waals surface area (Å²) in [6, 6.07) is 5.69. The highest BCUT2D eigenvalue weighted by Gasteiger charge is 2.25. The summed E-state index contributed by atoms with van der Waals surface area (Å²) < 4.78 is 6.86. The monoisotopic (exact) mass is 340 g/mol. The number of aromatic nitrogens is 3. The van der Waals surface area contributed by atoms with Gasteiger partial charge >= 0.3 is 0 Å². The number of amides is 1. The Bertz CT molecular complexity index is 844. The first-order valence-corrected chi connectivity index (χ1v) is 8.73. The first kappa shape index (κ1) is 15.0. The van der Waals surface area contributed by atoms with Gasteiger partial charge in [0.1, 0.15) is 6.10 Å². The minimum Gasteiger partial charge on any atom is -0.473 e. The van der Waals surface area contributed by atoms with Crippen molar-refractivity contribution in [3.05, 3.63) is 47.9 Å². The summed E-state index contributed by atoms with van der Waals surface area (Å²) >= 11 is 1.55. The summed E-state index contributed by atoms with van der Waals surface area (Å²) in [5.74, 6) is 0.612. The van der Waals surface area contributed by atoms with Gasteiger partial charge in [-0.1, -0.05) is 0 Å². The maximum atomic E-state index is 12.7. The lowest BCUT2D eigenvalue weighted by Crippen LogP contribution is -2.41. The van der Waals surface area contributed by atoms with E-state index >= 15 is 0 Å². The molecule has 1 amide bonds.